The monoisotopic (exact) mass is 286 g/mol. The second-order valence-electron chi connectivity index (χ2n) is 6.01. The lowest BCUT2D eigenvalue weighted by molar-refractivity contribution is 0.102. The summed E-state index contributed by atoms with van der Waals surface area (Å²) >= 11 is 0. The Kier molecular flexibility index (Phi) is 16.9. The maximum absolute atomic E-state index is 5.64. The van der Waals surface area contributed by atoms with Gasteiger partial charge in [-0.1, -0.05) is 71.1 Å². The average Bonchev–Trinajstić information content (AvgIpc) is 2.95. The summed E-state index contributed by atoms with van der Waals surface area (Å²) in [5.41, 5.74) is 0. The lowest BCUT2D eigenvalue weighted by Crippen LogP contribution is -2.03. The minimum absolute atomic E-state index is 0.615. The van der Waals surface area contributed by atoms with Gasteiger partial charge in [-0.2, -0.15) is 0 Å². The van der Waals surface area contributed by atoms with E-state index in [9.17, 15) is 0 Å². The molecule has 0 amide bonds. The molecule has 0 aliphatic carbocycles. The van der Waals surface area contributed by atoms with Crippen LogP contribution in [0.1, 0.15) is 90.4 Å². The normalized spacial score (nSPS) is 17.9. The summed E-state index contributed by atoms with van der Waals surface area (Å²) < 4.78 is 9.89. The predicted octanol–water partition coefficient (Wildman–Crippen LogP) is 5.74. The molecule has 0 radical (unpaired) electrons. The molecular formula is C18H38O2. The van der Waals surface area contributed by atoms with Crippen molar-refractivity contribution < 1.29 is 9.47 Å². The average molecular weight is 286 g/mol. The first-order valence-electron chi connectivity index (χ1n) is 8.86. The zero-order chi connectivity index (χ0) is 14.9. The quantitative estimate of drug-likeness (QED) is 0.451. The van der Waals surface area contributed by atoms with Gasteiger partial charge in [-0.25, -0.2) is 0 Å². The van der Waals surface area contributed by atoms with Crippen molar-refractivity contribution in [2.75, 3.05) is 20.8 Å². The molecule has 0 saturated carbocycles. The number of hydrogen-bond donors (Lipinski definition) is 0. The summed E-state index contributed by atoms with van der Waals surface area (Å²) in [5.74, 6) is 0. The molecule has 2 heteroatoms. The fraction of sp³-hybridized carbons (Fsp3) is 1.00. The molecule has 1 saturated heterocycles. The Morgan fingerprint density at radius 2 is 1.35 bits per heavy atom. The fourth-order valence-electron chi connectivity index (χ4n) is 2.73. The van der Waals surface area contributed by atoms with E-state index in [0.717, 1.165) is 6.61 Å². The molecule has 0 bridgehead atoms. The zero-order valence-corrected chi connectivity index (χ0v) is 14.3. The van der Waals surface area contributed by atoms with Gasteiger partial charge in [0.25, 0.3) is 0 Å². The third kappa shape index (κ3) is 14.3. The molecule has 2 nitrogen and oxygen atoms in total. The summed E-state index contributed by atoms with van der Waals surface area (Å²) in [7, 11) is 3.25. The maximum Gasteiger partial charge on any atom is 0.0576 e. The molecule has 0 aromatic rings. The summed E-state index contributed by atoms with van der Waals surface area (Å²) in [6, 6.07) is 0. The van der Waals surface area contributed by atoms with Crippen LogP contribution in [0.4, 0.5) is 0 Å². The summed E-state index contributed by atoms with van der Waals surface area (Å²) in [4.78, 5) is 0. The van der Waals surface area contributed by atoms with Crippen LogP contribution in [0.15, 0.2) is 0 Å². The van der Waals surface area contributed by atoms with E-state index in [-0.39, 0.29) is 0 Å². The van der Waals surface area contributed by atoms with E-state index >= 15 is 0 Å². The molecule has 1 fully saturated rings. The molecule has 122 valence electrons. The first-order chi connectivity index (χ1) is 9.85. The number of hydrogen-bond acceptors (Lipinski definition) is 2. The molecule has 1 heterocycles. The van der Waals surface area contributed by atoms with Crippen molar-refractivity contribution in [3.8, 4) is 0 Å². The molecule has 1 unspecified atom stereocenters. The third-order valence-electron chi connectivity index (χ3n) is 3.90. The van der Waals surface area contributed by atoms with Crippen molar-refractivity contribution in [3.05, 3.63) is 0 Å². The highest BCUT2D eigenvalue weighted by Gasteiger charge is 2.14. The topological polar surface area (TPSA) is 18.5 Å². The number of rotatable bonds is 11. The molecular weight excluding hydrogens is 248 g/mol. The minimum atomic E-state index is 0.615. The van der Waals surface area contributed by atoms with E-state index in [4.69, 9.17) is 4.74 Å². The van der Waals surface area contributed by atoms with Gasteiger partial charge in [-0.3, -0.25) is 0 Å². The highest BCUT2D eigenvalue weighted by Crippen LogP contribution is 2.19. The highest BCUT2D eigenvalue weighted by molar-refractivity contribution is 4.64. The second kappa shape index (κ2) is 17.0. The number of ether oxygens (including phenoxy) is 2. The molecule has 20 heavy (non-hydrogen) atoms. The summed E-state index contributed by atoms with van der Waals surface area (Å²) in [6.07, 6.45) is 18.9. The van der Waals surface area contributed by atoms with Crippen LogP contribution in [-0.2, 0) is 9.47 Å². The van der Waals surface area contributed by atoms with Gasteiger partial charge >= 0.3 is 0 Å². The number of unbranched alkanes of at least 4 members (excludes halogenated alkanes) is 9. The van der Waals surface area contributed by atoms with Gasteiger partial charge < -0.3 is 9.47 Å². The highest BCUT2D eigenvalue weighted by atomic mass is 16.5. The van der Waals surface area contributed by atoms with Crippen LogP contribution >= 0.6 is 0 Å². The Morgan fingerprint density at radius 3 is 1.80 bits per heavy atom. The Labute approximate surface area is 127 Å². The van der Waals surface area contributed by atoms with E-state index in [1.807, 2.05) is 0 Å². The van der Waals surface area contributed by atoms with Crippen LogP contribution in [-0.4, -0.2) is 26.9 Å². The van der Waals surface area contributed by atoms with Crippen LogP contribution in [0, 0.1) is 0 Å². The Morgan fingerprint density at radius 1 is 0.850 bits per heavy atom. The van der Waals surface area contributed by atoms with E-state index in [1.54, 1.807) is 14.2 Å². The van der Waals surface area contributed by atoms with E-state index < -0.39 is 0 Å². The van der Waals surface area contributed by atoms with E-state index in [0.29, 0.717) is 6.10 Å². The molecule has 0 aromatic carbocycles. The van der Waals surface area contributed by atoms with Crippen LogP contribution in [0.25, 0.3) is 0 Å². The molecule has 0 N–H and O–H groups in total. The van der Waals surface area contributed by atoms with Crippen LogP contribution in [0.5, 0.6) is 0 Å². The Bertz CT molecular complexity index is 165. The molecule has 1 aliphatic heterocycles. The van der Waals surface area contributed by atoms with Crippen LogP contribution in [0.3, 0.4) is 0 Å². The third-order valence-corrected chi connectivity index (χ3v) is 3.90. The van der Waals surface area contributed by atoms with E-state index in [2.05, 4.69) is 11.7 Å². The van der Waals surface area contributed by atoms with Gasteiger partial charge in [0, 0.05) is 20.8 Å². The van der Waals surface area contributed by atoms with Gasteiger partial charge in [0.1, 0.15) is 0 Å². The van der Waals surface area contributed by atoms with Gasteiger partial charge in [-0.05, 0) is 19.3 Å². The van der Waals surface area contributed by atoms with Gasteiger partial charge in [0.15, 0.2) is 0 Å². The lowest BCUT2D eigenvalue weighted by atomic mass is 10.0. The van der Waals surface area contributed by atoms with Crippen LogP contribution < -0.4 is 0 Å². The first-order valence-corrected chi connectivity index (χ1v) is 8.86. The van der Waals surface area contributed by atoms with Crippen LogP contribution in [0.2, 0.25) is 0 Å². The Hall–Kier alpha value is -0.0800. The van der Waals surface area contributed by atoms with Gasteiger partial charge in [0.05, 0.1) is 6.10 Å². The predicted molar refractivity (Wildman–Crippen MR) is 88.4 cm³/mol. The fourth-order valence-corrected chi connectivity index (χ4v) is 2.73. The molecule has 1 rings (SSSR count). The molecule has 0 aromatic heterocycles. The van der Waals surface area contributed by atoms with Crippen molar-refractivity contribution in [1.29, 1.82) is 0 Å². The minimum Gasteiger partial charge on any atom is -0.388 e. The second-order valence-corrected chi connectivity index (χ2v) is 6.01. The SMILES string of the molecule is CCCCCCCCCCCCC1CCCO1.COC. The summed E-state index contributed by atoms with van der Waals surface area (Å²) in [5, 5.41) is 0. The van der Waals surface area contributed by atoms with E-state index in [1.165, 1.54) is 83.5 Å². The van der Waals surface area contributed by atoms with Crippen molar-refractivity contribution in [2.45, 2.75) is 96.5 Å². The van der Waals surface area contributed by atoms with Crippen molar-refractivity contribution in [1.82, 2.24) is 0 Å². The molecule has 0 spiro atoms. The Balaban J connectivity index is 0.00000110. The van der Waals surface area contributed by atoms with Crippen molar-refractivity contribution in [3.63, 3.8) is 0 Å². The zero-order valence-electron chi connectivity index (χ0n) is 14.3. The largest absolute Gasteiger partial charge is 0.388 e. The first kappa shape index (κ1) is 19.9. The van der Waals surface area contributed by atoms with Crippen molar-refractivity contribution >= 4 is 0 Å². The van der Waals surface area contributed by atoms with Crippen molar-refractivity contribution in [2.24, 2.45) is 0 Å². The summed E-state index contributed by atoms with van der Waals surface area (Å²) in [6.45, 7) is 3.30. The standard InChI is InChI=1S/C16H32O.C2H6O/c1-2-3-4-5-6-7-8-9-10-11-13-16-14-12-15-17-16;1-3-2/h16H,2-15H2,1H3;1-2H3. The van der Waals surface area contributed by atoms with Gasteiger partial charge in [0.2, 0.25) is 0 Å². The molecule has 1 aliphatic rings. The smallest absolute Gasteiger partial charge is 0.0576 e. The number of methoxy groups -OCH3 is 1. The lowest BCUT2D eigenvalue weighted by Gasteiger charge is -2.08. The molecule has 1 atom stereocenters. The van der Waals surface area contributed by atoms with Gasteiger partial charge in [-0.15, -0.1) is 0 Å². The maximum atomic E-state index is 5.64.